The summed E-state index contributed by atoms with van der Waals surface area (Å²) in [4.78, 5) is 20.8. The summed E-state index contributed by atoms with van der Waals surface area (Å²) in [6.07, 6.45) is 4.51. The maximum atomic E-state index is 11.5. The number of carboxylic acids is 1. The third-order valence-corrected chi connectivity index (χ3v) is 5.12. The van der Waals surface area contributed by atoms with Gasteiger partial charge in [0, 0.05) is 30.3 Å². The van der Waals surface area contributed by atoms with E-state index in [-0.39, 0.29) is 5.56 Å². The van der Waals surface area contributed by atoms with Gasteiger partial charge in [0.05, 0.1) is 11.3 Å². The van der Waals surface area contributed by atoms with E-state index < -0.39 is 5.97 Å². The molecule has 2 aromatic carbocycles. The van der Waals surface area contributed by atoms with Crippen LogP contribution in [0.2, 0.25) is 0 Å². The van der Waals surface area contributed by atoms with Crippen molar-refractivity contribution in [3.63, 3.8) is 0 Å². The lowest BCUT2D eigenvalue weighted by atomic mass is 10.0. The standard InChI is InChI=1S/C25H24N4O2/c1-2-3-15-29-23(27-24(28-29)19-9-5-4-6-10-19)16-18-13-14-22(26-17-18)20-11-7-8-12-21(20)25(30)31/h4-14,17H,2-3,15-16H2,1H3,(H,30,31). The molecule has 0 fully saturated rings. The molecule has 31 heavy (non-hydrogen) atoms. The molecule has 0 radical (unpaired) electrons. The first kappa shape index (κ1) is 20.5. The minimum atomic E-state index is -0.959. The van der Waals surface area contributed by atoms with Gasteiger partial charge in [-0.2, -0.15) is 5.10 Å². The zero-order chi connectivity index (χ0) is 21.6. The van der Waals surface area contributed by atoms with Gasteiger partial charge in [0.1, 0.15) is 5.82 Å². The Kier molecular flexibility index (Phi) is 6.17. The summed E-state index contributed by atoms with van der Waals surface area (Å²) in [6, 6.07) is 20.7. The Morgan fingerprint density at radius 3 is 2.48 bits per heavy atom. The molecule has 0 atom stereocenters. The van der Waals surface area contributed by atoms with Crippen LogP contribution in [-0.4, -0.2) is 30.8 Å². The van der Waals surface area contributed by atoms with E-state index in [4.69, 9.17) is 10.1 Å². The Balaban J connectivity index is 1.60. The van der Waals surface area contributed by atoms with E-state index in [0.717, 1.165) is 42.2 Å². The summed E-state index contributed by atoms with van der Waals surface area (Å²) in [7, 11) is 0. The number of carbonyl (C=O) groups is 1. The summed E-state index contributed by atoms with van der Waals surface area (Å²) in [6.45, 7) is 2.98. The molecule has 0 saturated heterocycles. The number of aromatic carboxylic acids is 1. The van der Waals surface area contributed by atoms with Crippen molar-refractivity contribution >= 4 is 5.97 Å². The van der Waals surface area contributed by atoms with Crippen LogP contribution in [0.5, 0.6) is 0 Å². The highest BCUT2D eigenvalue weighted by Crippen LogP contribution is 2.23. The SMILES string of the molecule is CCCCn1nc(-c2ccccc2)nc1Cc1ccc(-c2ccccc2C(=O)O)nc1. The smallest absolute Gasteiger partial charge is 0.336 e. The third-order valence-electron chi connectivity index (χ3n) is 5.12. The summed E-state index contributed by atoms with van der Waals surface area (Å²) in [5.74, 6) is 0.665. The molecule has 2 aromatic heterocycles. The summed E-state index contributed by atoms with van der Waals surface area (Å²) in [5, 5.41) is 14.2. The number of aryl methyl sites for hydroxylation is 1. The zero-order valence-electron chi connectivity index (χ0n) is 17.4. The molecule has 6 nitrogen and oxygen atoms in total. The highest BCUT2D eigenvalue weighted by atomic mass is 16.4. The van der Waals surface area contributed by atoms with Crippen molar-refractivity contribution in [3.05, 3.63) is 89.9 Å². The first-order valence-electron chi connectivity index (χ1n) is 10.4. The maximum absolute atomic E-state index is 11.5. The Bertz CT molecular complexity index is 1170. The maximum Gasteiger partial charge on any atom is 0.336 e. The summed E-state index contributed by atoms with van der Waals surface area (Å²) in [5.41, 5.74) is 3.49. The highest BCUT2D eigenvalue weighted by Gasteiger charge is 2.14. The molecular formula is C25H24N4O2. The summed E-state index contributed by atoms with van der Waals surface area (Å²) < 4.78 is 1.99. The largest absolute Gasteiger partial charge is 0.478 e. The first-order chi connectivity index (χ1) is 15.2. The first-order valence-corrected chi connectivity index (χ1v) is 10.4. The van der Waals surface area contributed by atoms with Gasteiger partial charge in [-0.05, 0) is 24.1 Å². The minimum Gasteiger partial charge on any atom is -0.478 e. The van der Waals surface area contributed by atoms with Crippen molar-refractivity contribution in [1.82, 2.24) is 19.7 Å². The lowest BCUT2D eigenvalue weighted by Crippen LogP contribution is -2.07. The van der Waals surface area contributed by atoms with Crippen LogP contribution in [0.15, 0.2) is 72.9 Å². The predicted molar refractivity (Wildman–Crippen MR) is 120 cm³/mol. The van der Waals surface area contributed by atoms with Crippen LogP contribution in [0.1, 0.15) is 41.5 Å². The Labute approximate surface area is 181 Å². The minimum absolute atomic E-state index is 0.245. The van der Waals surface area contributed by atoms with E-state index in [9.17, 15) is 9.90 Å². The molecule has 0 aliphatic rings. The average molecular weight is 412 g/mol. The molecule has 0 aliphatic carbocycles. The molecule has 2 heterocycles. The number of nitrogens with zero attached hydrogens (tertiary/aromatic N) is 4. The second kappa shape index (κ2) is 9.34. The van der Waals surface area contributed by atoms with Crippen LogP contribution < -0.4 is 0 Å². The molecule has 0 spiro atoms. The zero-order valence-corrected chi connectivity index (χ0v) is 17.4. The van der Waals surface area contributed by atoms with E-state index in [1.54, 1.807) is 24.4 Å². The molecular weight excluding hydrogens is 388 g/mol. The molecule has 0 aliphatic heterocycles. The fraction of sp³-hybridized carbons (Fsp3) is 0.200. The topological polar surface area (TPSA) is 80.9 Å². The fourth-order valence-electron chi connectivity index (χ4n) is 3.47. The van der Waals surface area contributed by atoms with E-state index >= 15 is 0 Å². The van der Waals surface area contributed by atoms with Crippen LogP contribution in [0.3, 0.4) is 0 Å². The molecule has 156 valence electrons. The second-order valence-electron chi connectivity index (χ2n) is 7.37. The Hall–Kier alpha value is -3.80. The van der Waals surface area contributed by atoms with Gasteiger partial charge in [-0.25, -0.2) is 14.5 Å². The van der Waals surface area contributed by atoms with Crippen LogP contribution in [0.25, 0.3) is 22.6 Å². The number of aromatic nitrogens is 4. The lowest BCUT2D eigenvalue weighted by Gasteiger charge is -2.07. The van der Waals surface area contributed by atoms with Gasteiger partial charge in [0.2, 0.25) is 0 Å². The second-order valence-corrected chi connectivity index (χ2v) is 7.37. The number of carboxylic acid groups (broad SMARTS) is 1. The molecule has 4 aromatic rings. The van der Waals surface area contributed by atoms with Gasteiger partial charge in [-0.1, -0.05) is 67.9 Å². The molecule has 0 bridgehead atoms. The predicted octanol–water partition coefficient (Wildman–Crippen LogP) is 5.10. The molecule has 1 N–H and O–H groups in total. The molecule has 0 amide bonds. The monoisotopic (exact) mass is 412 g/mol. The van der Waals surface area contributed by atoms with Crippen molar-refractivity contribution < 1.29 is 9.90 Å². The van der Waals surface area contributed by atoms with E-state index in [1.165, 1.54) is 0 Å². The van der Waals surface area contributed by atoms with Crippen molar-refractivity contribution in [2.24, 2.45) is 0 Å². The van der Waals surface area contributed by atoms with Crippen LogP contribution in [0, 0.1) is 0 Å². The lowest BCUT2D eigenvalue weighted by molar-refractivity contribution is 0.0697. The Morgan fingerprint density at radius 2 is 1.77 bits per heavy atom. The van der Waals surface area contributed by atoms with Gasteiger partial charge >= 0.3 is 5.97 Å². The third kappa shape index (κ3) is 4.69. The molecule has 6 heteroatoms. The number of pyridine rings is 1. The molecule has 4 rings (SSSR count). The van der Waals surface area contributed by atoms with E-state index in [2.05, 4.69) is 11.9 Å². The van der Waals surface area contributed by atoms with Crippen LogP contribution in [0.4, 0.5) is 0 Å². The van der Waals surface area contributed by atoms with Crippen molar-refractivity contribution in [3.8, 4) is 22.6 Å². The van der Waals surface area contributed by atoms with Crippen molar-refractivity contribution in [1.29, 1.82) is 0 Å². The number of benzene rings is 2. The average Bonchev–Trinajstić information content (AvgIpc) is 3.21. The van der Waals surface area contributed by atoms with Gasteiger partial charge in [0.15, 0.2) is 5.82 Å². The van der Waals surface area contributed by atoms with Crippen LogP contribution in [-0.2, 0) is 13.0 Å². The van der Waals surface area contributed by atoms with Crippen molar-refractivity contribution in [2.75, 3.05) is 0 Å². The van der Waals surface area contributed by atoms with Gasteiger partial charge in [-0.3, -0.25) is 4.98 Å². The molecule has 0 unspecified atom stereocenters. The summed E-state index contributed by atoms with van der Waals surface area (Å²) >= 11 is 0. The van der Waals surface area contributed by atoms with Gasteiger partial charge < -0.3 is 5.11 Å². The van der Waals surface area contributed by atoms with E-state index in [0.29, 0.717) is 17.7 Å². The fourth-order valence-corrected chi connectivity index (χ4v) is 3.47. The normalized spacial score (nSPS) is 10.9. The van der Waals surface area contributed by atoms with Gasteiger partial charge in [0.25, 0.3) is 0 Å². The number of unbranched alkanes of at least 4 members (excludes halogenated alkanes) is 1. The van der Waals surface area contributed by atoms with E-state index in [1.807, 2.05) is 53.2 Å². The highest BCUT2D eigenvalue weighted by molar-refractivity contribution is 5.95. The van der Waals surface area contributed by atoms with Crippen LogP contribution >= 0.6 is 0 Å². The molecule has 0 saturated carbocycles. The number of rotatable bonds is 8. The quantitative estimate of drug-likeness (QED) is 0.436. The van der Waals surface area contributed by atoms with Crippen molar-refractivity contribution in [2.45, 2.75) is 32.7 Å². The number of hydrogen-bond acceptors (Lipinski definition) is 4. The Morgan fingerprint density at radius 1 is 1.00 bits per heavy atom. The van der Waals surface area contributed by atoms with Gasteiger partial charge in [-0.15, -0.1) is 0 Å². The number of hydrogen-bond donors (Lipinski definition) is 1.